The van der Waals surface area contributed by atoms with Crippen molar-refractivity contribution in [2.24, 2.45) is 11.3 Å². The van der Waals surface area contributed by atoms with Crippen LogP contribution >= 0.6 is 0 Å². The van der Waals surface area contributed by atoms with E-state index in [0.717, 1.165) is 18.0 Å². The van der Waals surface area contributed by atoms with Crippen LogP contribution in [-0.2, 0) is 0 Å². The van der Waals surface area contributed by atoms with Crippen molar-refractivity contribution in [1.82, 2.24) is 4.90 Å². The molecule has 2 bridgehead atoms. The van der Waals surface area contributed by atoms with Crippen LogP contribution in [0.5, 0.6) is 0 Å². The second kappa shape index (κ2) is 4.08. The van der Waals surface area contributed by atoms with Crippen LogP contribution in [0.2, 0.25) is 0 Å². The standard InChI is InChI=1S/C14H27N/c1-14(2,3)10-11-8-12-6-5-7-13(9-11)15(12)4/h11-13H,5-10H2,1-4H3. The maximum Gasteiger partial charge on any atom is 0.00978 e. The van der Waals surface area contributed by atoms with Gasteiger partial charge in [0.15, 0.2) is 0 Å². The first-order valence-electron chi connectivity index (χ1n) is 6.67. The largest absolute Gasteiger partial charge is 0.300 e. The predicted molar refractivity (Wildman–Crippen MR) is 66.0 cm³/mol. The summed E-state index contributed by atoms with van der Waals surface area (Å²) in [5.74, 6) is 0.997. The van der Waals surface area contributed by atoms with Crippen LogP contribution in [0.15, 0.2) is 0 Å². The van der Waals surface area contributed by atoms with Crippen molar-refractivity contribution in [2.75, 3.05) is 7.05 Å². The first kappa shape index (κ1) is 11.4. The quantitative estimate of drug-likeness (QED) is 0.636. The summed E-state index contributed by atoms with van der Waals surface area (Å²) in [4.78, 5) is 2.67. The molecule has 0 aromatic heterocycles. The molecule has 0 amide bonds. The van der Waals surface area contributed by atoms with Gasteiger partial charge in [0.25, 0.3) is 0 Å². The highest BCUT2D eigenvalue weighted by Gasteiger charge is 2.36. The smallest absolute Gasteiger partial charge is 0.00978 e. The minimum atomic E-state index is 0.523. The zero-order valence-corrected chi connectivity index (χ0v) is 10.9. The number of piperidine rings is 2. The van der Waals surface area contributed by atoms with E-state index < -0.39 is 0 Å². The van der Waals surface area contributed by atoms with Gasteiger partial charge in [-0.25, -0.2) is 0 Å². The normalized spacial score (nSPS) is 38.0. The highest BCUT2D eigenvalue weighted by Crippen LogP contribution is 2.40. The van der Waals surface area contributed by atoms with Crippen molar-refractivity contribution < 1.29 is 0 Å². The molecule has 0 aromatic rings. The summed E-state index contributed by atoms with van der Waals surface area (Å²) in [5, 5.41) is 0. The van der Waals surface area contributed by atoms with Crippen LogP contribution in [0.3, 0.4) is 0 Å². The number of hydrogen-bond donors (Lipinski definition) is 0. The number of rotatable bonds is 1. The summed E-state index contributed by atoms with van der Waals surface area (Å²) in [6.07, 6.45) is 8.73. The Kier molecular flexibility index (Phi) is 3.12. The van der Waals surface area contributed by atoms with Crippen LogP contribution < -0.4 is 0 Å². The molecule has 2 atom stereocenters. The summed E-state index contributed by atoms with van der Waals surface area (Å²) in [7, 11) is 2.35. The van der Waals surface area contributed by atoms with Gasteiger partial charge in [-0.1, -0.05) is 27.2 Å². The van der Waals surface area contributed by atoms with Gasteiger partial charge in [-0.2, -0.15) is 0 Å². The molecule has 2 heterocycles. The highest BCUT2D eigenvalue weighted by atomic mass is 15.2. The van der Waals surface area contributed by atoms with E-state index in [1.165, 1.54) is 38.5 Å². The molecule has 2 unspecified atom stereocenters. The van der Waals surface area contributed by atoms with Crippen LogP contribution in [0, 0.1) is 11.3 Å². The number of nitrogens with zero attached hydrogens (tertiary/aromatic N) is 1. The van der Waals surface area contributed by atoms with E-state index in [0.29, 0.717) is 5.41 Å². The Morgan fingerprint density at radius 2 is 1.60 bits per heavy atom. The van der Waals surface area contributed by atoms with E-state index in [9.17, 15) is 0 Å². The molecule has 88 valence electrons. The summed E-state index contributed by atoms with van der Waals surface area (Å²) in [6.45, 7) is 7.17. The molecule has 0 aliphatic carbocycles. The molecule has 2 saturated heterocycles. The van der Waals surface area contributed by atoms with Gasteiger partial charge in [0.1, 0.15) is 0 Å². The molecule has 0 saturated carbocycles. The van der Waals surface area contributed by atoms with Gasteiger partial charge in [-0.15, -0.1) is 0 Å². The SMILES string of the molecule is CN1C2CCCC1CC(CC(C)(C)C)C2. The van der Waals surface area contributed by atoms with Gasteiger partial charge in [0, 0.05) is 12.1 Å². The lowest BCUT2D eigenvalue weighted by Crippen LogP contribution is -2.50. The van der Waals surface area contributed by atoms with Crippen LogP contribution in [-0.4, -0.2) is 24.0 Å². The highest BCUT2D eigenvalue weighted by molar-refractivity contribution is 4.91. The van der Waals surface area contributed by atoms with Gasteiger partial charge >= 0.3 is 0 Å². The molecule has 15 heavy (non-hydrogen) atoms. The van der Waals surface area contributed by atoms with E-state index in [1.807, 2.05) is 0 Å². The maximum absolute atomic E-state index is 2.67. The van der Waals surface area contributed by atoms with Crippen LogP contribution in [0.4, 0.5) is 0 Å². The molecule has 2 fully saturated rings. The molecule has 2 aliphatic rings. The fraction of sp³-hybridized carbons (Fsp3) is 1.00. The second-order valence-electron chi connectivity index (χ2n) is 7.01. The van der Waals surface area contributed by atoms with Crippen molar-refractivity contribution in [3.05, 3.63) is 0 Å². The molecule has 1 heteroatoms. The third-order valence-corrected chi connectivity index (χ3v) is 4.34. The molecule has 0 aromatic carbocycles. The molecule has 0 spiro atoms. The Balaban J connectivity index is 1.95. The average molecular weight is 209 g/mol. The third kappa shape index (κ3) is 2.75. The Morgan fingerprint density at radius 3 is 2.07 bits per heavy atom. The minimum absolute atomic E-state index is 0.523. The second-order valence-corrected chi connectivity index (χ2v) is 7.01. The van der Waals surface area contributed by atoms with E-state index in [1.54, 1.807) is 0 Å². The van der Waals surface area contributed by atoms with Crippen LogP contribution in [0.25, 0.3) is 0 Å². The zero-order valence-electron chi connectivity index (χ0n) is 10.9. The van der Waals surface area contributed by atoms with Gasteiger partial charge in [-0.05, 0) is 50.5 Å². The fourth-order valence-electron chi connectivity index (χ4n) is 3.76. The summed E-state index contributed by atoms with van der Waals surface area (Å²) in [6, 6.07) is 1.81. The molecular weight excluding hydrogens is 182 g/mol. The first-order chi connectivity index (χ1) is 6.96. The molecule has 2 aliphatic heterocycles. The predicted octanol–water partition coefficient (Wildman–Crippen LogP) is 3.69. The van der Waals surface area contributed by atoms with Gasteiger partial charge in [-0.3, -0.25) is 0 Å². The molecule has 0 radical (unpaired) electrons. The van der Waals surface area contributed by atoms with Crippen molar-refractivity contribution in [1.29, 1.82) is 0 Å². The lowest BCUT2D eigenvalue weighted by Gasteiger charge is -2.48. The Hall–Kier alpha value is -0.0400. The summed E-state index contributed by atoms with van der Waals surface area (Å²) >= 11 is 0. The van der Waals surface area contributed by atoms with Crippen molar-refractivity contribution >= 4 is 0 Å². The molecule has 1 nitrogen and oxygen atoms in total. The Morgan fingerprint density at radius 1 is 1.07 bits per heavy atom. The topological polar surface area (TPSA) is 3.24 Å². The van der Waals surface area contributed by atoms with E-state index in [-0.39, 0.29) is 0 Å². The summed E-state index contributed by atoms with van der Waals surface area (Å²) < 4.78 is 0. The Bertz CT molecular complexity index is 202. The van der Waals surface area contributed by atoms with Crippen molar-refractivity contribution in [3.63, 3.8) is 0 Å². The van der Waals surface area contributed by atoms with Gasteiger partial charge < -0.3 is 4.90 Å². The first-order valence-corrected chi connectivity index (χ1v) is 6.67. The van der Waals surface area contributed by atoms with Crippen LogP contribution in [0.1, 0.15) is 59.3 Å². The monoisotopic (exact) mass is 209 g/mol. The lowest BCUT2D eigenvalue weighted by molar-refractivity contribution is 0.0248. The number of hydrogen-bond acceptors (Lipinski definition) is 1. The average Bonchev–Trinajstić information content (AvgIpc) is 2.04. The zero-order chi connectivity index (χ0) is 11.1. The van der Waals surface area contributed by atoms with Gasteiger partial charge in [0.05, 0.1) is 0 Å². The van der Waals surface area contributed by atoms with Gasteiger partial charge in [0.2, 0.25) is 0 Å². The Labute approximate surface area is 95.2 Å². The molecule has 2 rings (SSSR count). The maximum atomic E-state index is 2.67. The van der Waals surface area contributed by atoms with E-state index in [4.69, 9.17) is 0 Å². The number of fused-ring (bicyclic) bond motifs is 2. The lowest BCUT2D eigenvalue weighted by atomic mass is 9.73. The third-order valence-electron chi connectivity index (χ3n) is 4.34. The van der Waals surface area contributed by atoms with Crippen molar-refractivity contribution in [3.8, 4) is 0 Å². The molecule has 0 N–H and O–H groups in total. The minimum Gasteiger partial charge on any atom is -0.300 e. The van der Waals surface area contributed by atoms with E-state index >= 15 is 0 Å². The van der Waals surface area contributed by atoms with Crippen molar-refractivity contribution in [2.45, 2.75) is 71.4 Å². The molecular formula is C14H27N. The van der Waals surface area contributed by atoms with E-state index in [2.05, 4.69) is 32.7 Å². The fourth-order valence-corrected chi connectivity index (χ4v) is 3.76. The summed E-state index contributed by atoms with van der Waals surface area (Å²) in [5.41, 5.74) is 0.523.